The van der Waals surface area contributed by atoms with E-state index in [0.29, 0.717) is 13.0 Å². The molecule has 1 amide bonds. The highest BCUT2D eigenvalue weighted by atomic mass is 32.1. The maximum atomic E-state index is 13.7. The standard InChI is InChI=1S/C23H22FNO2S/c1-2-3-11-27-18-9-7-15(8-10-18)19-13-21(26)25-22-20(14-28-23(19)22)16-5-4-6-17(24)12-16/h4-10,12,14,19H,2-3,11,13H2,1H3,(H,25,26). The molecular weight excluding hydrogens is 373 g/mol. The summed E-state index contributed by atoms with van der Waals surface area (Å²) in [5, 5.41) is 5.00. The lowest BCUT2D eigenvalue weighted by atomic mass is 9.89. The molecular formula is C23H22FNO2S. The Balaban J connectivity index is 1.63. The number of hydrogen-bond acceptors (Lipinski definition) is 3. The number of halogens is 1. The molecule has 3 nitrogen and oxygen atoms in total. The normalized spacial score (nSPS) is 15.8. The molecule has 1 atom stereocenters. The number of amides is 1. The van der Waals surface area contributed by atoms with Gasteiger partial charge in [0, 0.05) is 28.2 Å². The van der Waals surface area contributed by atoms with Gasteiger partial charge in [-0.3, -0.25) is 4.79 Å². The van der Waals surface area contributed by atoms with Gasteiger partial charge in [0.1, 0.15) is 11.6 Å². The van der Waals surface area contributed by atoms with Gasteiger partial charge in [0.15, 0.2) is 0 Å². The van der Waals surface area contributed by atoms with Crippen molar-refractivity contribution in [2.45, 2.75) is 32.1 Å². The van der Waals surface area contributed by atoms with Crippen LogP contribution in [0.1, 0.15) is 42.5 Å². The number of benzene rings is 2. The minimum absolute atomic E-state index is 0.000695. The molecule has 28 heavy (non-hydrogen) atoms. The Morgan fingerprint density at radius 1 is 1.21 bits per heavy atom. The zero-order valence-corrected chi connectivity index (χ0v) is 16.5. The van der Waals surface area contributed by atoms with Gasteiger partial charge in [0.2, 0.25) is 5.91 Å². The highest BCUT2D eigenvalue weighted by molar-refractivity contribution is 7.11. The number of thiophene rings is 1. The first kappa shape index (κ1) is 18.7. The van der Waals surface area contributed by atoms with E-state index < -0.39 is 0 Å². The molecule has 3 aromatic rings. The van der Waals surface area contributed by atoms with Crippen molar-refractivity contribution >= 4 is 22.9 Å². The number of carbonyl (C=O) groups excluding carboxylic acids is 1. The Morgan fingerprint density at radius 2 is 2.04 bits per heavy atom. The minimum Gasteiger partial charge on any atom is -0.494 e. The van der Waals surface area contributed by atoms with Crippen LogP contribution in [-0.4, -0.2) is 12.5 Å². The Morgan fingerprint density at radius 3 is 2.79 bits per heavy atom. The van der Waals surface area contributed by atoms with Gasteiger partial charge in [-0.2, -0.15) is 0 Å². The van der Waals surface area contributed by atoms with Crippen LogP contribution in [0.15, 0.2) is 53.9 Å². The van der Waals surface area contributed by atoms with Crippen LogP contribution < -0.4 is 10.1 Å². The van der Waals surface area contributed by atoms with E-state index in [9.17, 15) is 9.18 Å². The lowest BCUT2D eigenvalue weighted by molar-refractivity contribution is -0.116. The largest absolute Gasteiger partial charge is 0.494 e. The number of hydrogen-bond donors (Lipinski definition) is 1. The van der Waals surface area contributed by atoms with Crippen molar-refractivity contribution in [1.82, 2.24) is 0 Å². The summed E-state index contributed by atoms with van der Waals surface area (Å²) in [6, 6.07) is 14.5. The third kappa shape index (κ3) is 3.80. The zero-order valence-electron chi connectivity index (χ0n) is 15.7. The predicted octanol–water partition coefficient (Wildman–Crippen LogP) is 6.21. The first-order chi connectivity index (χ1) is 13.7. The van der Waals surface area contributed by atoms with E-state index >= 15 is 0 Å². The van der Waals surface area contributed by atoms with Gasteiger partial charge in [0.25, 0.3) is 0 Å². The topological polar surface area (TPSA) is 38.3 Å². The van der Waals surface area contributed by atoms with E-state index in [1.54, 1.807) is 17.4 Å². The number of rotatable bonds is 6. The quantitative estimate of drug-likeness (QED) is 0.504. The summed E-state index contributed by atoms with van der Waals surface area (Å²) in [5.74, 6) is 0.552. The second kappa shape index (κ2) is 8.15. The molecule has 0 aliphatic carbocycles. The maximum Gasteiger partial charge on any atom is 0.225 e. The third-order valence-electron chi connectivity index (χ3n) is 4.97. The van der Waals surface area contributed by atoms with E-state index in [2.05, 4.69) is 12.2 Å². The van der Waals surface area contributed by atoms with Gasteiger partial charge >= 0.3 is 0 Å². The first-order valence-electron chi connectivity index (χ1n) is 9.55. The van der Waals surface area contributed by atoms with E-state index in [1.165, 1.54) is 12.1 Å². The summed E-state index contributed by atoms with van der Waals surface area (Å²) in [6.07, 6.45) is 2.54. The number of carbonyl (C=O) groups is 1. The highest BCUT2D eigenvalue weighted by Gasteiger charge is 2.30. The molecule has 0 saturated carbocycles. The van der Waals surface area contributed by atoms with E-state index in [4.69, 9.17) is 4.74 Å². The van der Waals surface area contributed by atoms with Gasteiger partial charge in [-0.25, -0.2) is 4.39 Å². The maximum absolute atomic E-state index is 13.7. The highest BCUT2D eigenvalue weighted by Crippen LogP contribution is 2.46. The summed E-state index contributed by atoms with van der Waals surface area (Å²) in [7, 11) is 0. The van der Waals surface area contributed by atoms with Crippen molar-refractivity contribution in [1.29, 1.82) is 0 Å². The molecule has 2 aromatic carbocycles. The molecule has 0 spiro atoms. The van der Waals surface area contributed by atoms with Crippen LogP contribution in [0.3, 0.4) is 0 Å². The lowest BCUT2D eigenvalue weighted by Crippen LogP contribution is -2.22. The lowest BCUT2D eigenvalue weighted by Gasteiger charge is -2.24. The molecule has 5 heteroatoms. The SMILES string of the molecule is CCCCOc1ccc(C2CC(=O)Nc3c(-c4cccc(F)c4)csc32)cc1. The van der Waals surface area contributed by atoms with Crippen molar-refractivity contribution in [2.75, 3.05) is 11.9 Å². The second-order valence-electron chi connectivity index (χ2n) is 6.97. The van der Waals surface area contributed by atoms with Gasteiger partial charge in [-0.05, 0) is 41.8 Å². The van der Waals surface area contributed by atoms with Gasteiger partial charge < -0.3 is 10.1 Å². The van der Waals surface area contributed by atoms with E-state index in [0.717, 1.165) is 45.8 Å². The van der Waals surface area contributed by atoms with Gasteiger partial charge in [-0.1, -0.05) is 37.6 Å². The van der Waals surface area contributed by atoms with E-state index in [-0.39, 0.29) is 17.6 Å². The molecule has 4 rings (SSSR count). The molecule has 0 fully saturated rings. The van der Waals surface area contributed by atoms with Crippen LogP contribution in [0.4, 0.5) is 10.1 Å². The average Bonchev–Trinajstić information content (AvgIpc) is 3.12. The molecule has 1 aliphatic rings. The van der Waals surface area contributed by atoms with Crippen LogP contribution >= 0.6 is 11.3 Å². The predicted molar refractivity (Wildman–Crippen MR) is 112 cm³/mol. The van der Waals surface area contributed by atoms with Gasteiger partial charge in [-0.15, -0.1) is 11.3 Å². The van der Waals surface area contributed by atoms with Crippen LogP contribution in [0, 0.1) is 5.82 Å². The van der Waals surface area contributed by atoms with Crippen molar-refractivity contribution in [3.8, 4) is 16.9 Å². The van der Waals surface area contributed by atoms with Crippen molar-refractivity contribution < 1.29 is 13.9 Å². The molecule has 1 aromatic heterocycles. The minimum atomic E-state index is -0.283. The number of unbranched alkanes of at least 4 members (excludes halogenated alkanes) is 1. The zero-order chi connectivity index (χ0) is 19.5. The summed E-state index contributed by atoms with van der Waals surface area (Å²) >= 11 is 1.61. The van der Waals surface area contributed by atoms with Crippen molar-refractivity contribution in [3.05, 3.63) is 70.2 Å². The Bertz CT molecular complexity index is 981. The van der Waals surface area contributed by atoms with Crippen LogP contribution in [0.2, 0.25) is 0 Å². The summed E-state index contributed by atoms with van der Waals surface area (Å²) in [5.41, 5.74) is 3.54. The molecule has 1 unspecified atom stereocenters. The van der Waals surface area contributed by atoms with Crippen LogP contribution in [-0.2, 0) is 4.79 Å². The molecule has 1 aliphatic heterocycles. The number of ether oxygens (including phenoxy) is 1. The Kier molecular flexibility index (Phi) is 5.44. The monoisotopic (exact) mass is 395 g/mol. The molecule has 0 radical (unpaired) electrons. The Labute approximate surface area is 168 Å². The van der Waals surface area contributed by atoms with Crippen LogP contribution in [0.5, 0.6) is 5.75 Å². The fourth-order valence-electron chi connectivity index (χ4n) is 3.50. The van der Waals surface area contributed by atoms with Crippen LogP contribution in [0.25, 0.3) is 11.1 Å². The summed E-state index contributed by atoms with van der Waals surface area (Å²) in [6.45, 7) is 2.85. The average molecular weight is 395 g/mol. The first-order valence-corrected chi connectivity index (χ1v) is 10.4. The molecule has 0 saturated heterocycles. The number of nitrogens with one attached hydrogen (secondary N) is 1. The Hall–Kier alpha value is -2.66. The van der Waals surface area contributed by atoms with Gasteiger partial charge in [0.05, 0.1) is 12.3 Å². The van der Waals surface area contributed by atoms with Crippen molar-refractivity contribution in [3.63, 3.8) is 0 Å². The van der Waals surface area contributed by atoms with E-state index in [1.807, 2.05) is 35.7 Å². The third-order valence-corrected chi connectivity index (χ3v) is 6.07. The summed E-state index contributed by atoms with van der Waals surface area (Å²) in [4.78, 5) is 13.5. The smallest absolute Gasteiger partial charge is 0.225 e. The molecule has 0 bridgehead atoms. The second-order valence-corrected chi connectivity index (χ2v) is 7.89. The fourth-order valence-corrected chi connectivity index (χ4v) is 4.66. The molecule has 1 N–H and O–H groups in total. The number of fused-ring (bicyclic) bond motifs is 1. The fraction of sp³-hybridized carbons (Fsp3) is 0.261. The summed E-state index contributed by atoms with van der Waals surface area (Å²) < 4.78 is 19.4. The number of anilines is 1. The molecule has 144 valence electrons. The molecule has 2 heterocycles. The van der Waals surface area contributed by atoms with Crippen molar-refractivity contribution in [2.24, 2.45) is 0 Å².